The van der Waals surface area contributed by atoms with E-state index in [1.807, 2.05) is 14.0 Å². The molecule has 0 aromatic carbocycles. The summed E-state index contributed by atoms with van der Waals surface area (Å²) < 4.78 is 5.08. The fourth-order valence-corrected chi connectivity index (χ4v) is 1.38. The molecule has 0 heterocycles. The number of amides is 1. The fourth-order valence-electron chi connectivity index (χ4n) is 1.38. The third kappa shape index (κ3) is 5.22. The molecule has 0 bridgehead atoms. The maximum atomic E-state index is 11.5. The molecule has 0 fully saturated rings. The molecule has 0 aliphatic carbocycles. The van der Waals surface area contributed by atoms with E-state index in [0.29, 0.717) is 18.6 Å². The maximum absolute atomic E-state index is 11.5. The lowest BCUT2D eigenvalue weighted by Gasteiger charge is -2.26. The molecule has 0 N–H and O–H groups in total. The van der Waals surface area contributed by atoms with Crippen LogP contribution in [0.1, 0.15) is 34.1 Å². The molecule has 0 rings (SSSR count). The molecule has 84 valence electrons. The van der Waals surface area contributed by atoms with Gasteiger partial charge in [0.05, 0.1) is 0 Å². The van der Waals surface area contributed by atoms with Crippen LogP contribution in [0.2, 0.25) is 0 Å². The molecule has 3 nitrogen and oxygen atoms in total. The number of likely N-dealkylation sites (N-methyl/N-ethyl adjacent to an activating group) is 1. The highest BCUT2D eigenvalue weighted by atomic mass is 16.5. The molecular formula is C11H23NO2. The van der Waals surface area contributed by atoms with Gasteiger partial charge >= 0.3 is 0 Å². The molecule has 14 heavy (non-hydrogen) atoms. The molecule has 0 aliphatic heterocycles. The van der Waals surface area contributed by atoms with Crippen LogP contribution in [0.5, 0.6) is 0 Å². The van der Waals surface area contributed by atoms with Gasteiger partial charge in [-0.25, -0.2) is 0 Å². The van der Waals surface area contributed by atoms with E-state index in [9.17, 15) is 4.79 Å². The van der Waals surface area contributed by atoms with E-state index in [-0.39, 0.29) is 12.5 Å². The first kappa shape index (κ1) is 13.4. The summed E-state index contributed by atoms with van der Waals surface area (Å²) in [6, 6.07) is 0.294. The van der Waals surface area contributed by atoms with Gasteiger partial charge in [-0.3, -0.25) is 4.79 Å². The Morgan fingerprint density at radius 1 is 1.36 bits per heavy atom. The van der Waals surface area contributed by atoms with Crippen molar-refractivity contribution in [3.63, 3.8) is 0 Å². The first-order valence-electron chi connectivity index (χ1n) is 5.32. The van der Waals surface area contributed by atoms with E-state index in [1.165, 1.54) is 0 Å². The Bertz CT molecular complexity index is 169. The summed E-state index contributed by atoms with van der Waals surface area (Å²) in [6.45, 7) is 9.09. The summed E-state index contributed by atoms with van der Waals surface area (Å²) in [6.07, 6.45) is 1.04. The Hall–Kier alpha value is -0.570. The van der Waals surface area contributed by atoms with Crippen molar-refractivity contribution in [2.45, 2.75) is 40.2 Å². The van der Waals surface area contributed by atoms with E-state index >= 15 is 0 Å². The quantitative estimate of drug-likeness (QED) is 0.657. The molecule has 3 heteroatoms. The van der Waals surface area contributed by atoms with Crippen LogP contribution in [-0.4, -0.2) is 37.1 Å². The summed E-state index contributed by atoms with van der Waals surface area (Å²) in [4.78, 5) is 13.3. The number of carbonyl (C=O) groups is 1. The van der Waals surface area contributed by atoms with Crippen molar-refractivity contribution in [2.75, 3.05) is 20.3 Å². The van der Waals surface area contributed by atoms with Crippen molar-refractivity contribution >= 4 is 5.91 Å². The van der Waals surface area contributed by atoms with Crippen LogP contribution in [0.25, 0.3) is 0 Å². The van der Waals surface area contributed by atoms with E-state index in [1.54, 1.807) is 4.90 Å². The molecule has 0 radical (unpaired) electrons. The Balaban J connectivity index is 3.90. The van der Waals surface area contributed by atoms with Gasteiger partial charge in [0.15, 0.2) is 0 Å². The van der Waals surface area contributed by atoms with Gasteiger partial charge < -0.3 is 9.64 Å². The van der Waals surface area contributed by atoms with Gasteiger partial charge in [0.2, 0.25) is 5.91 Å². The summed E-state index contributed by atoms with van der Waals surface area (Å²) in [5.41, 5.74) is 0. The molecule has 0 saturated heterocycles. The van der Waals surface area contributed by atoms with Gasteiger partial charge in [-0.2, -0.15) is 0 Å². The van der Waals surface area contributed by atoms with E-state index in [0.717, 1.165) is 6.42 Å². The van der Waals surface area contributed by atoms with Crippen molar-refractivity contribution in [2.24, 2.45) is 5.92 Å². The highest BCUT2D eigenvalue weighted by Crippen LogP contribution is 2.09. The van der Waals surface area contributed by atoms with Gasteiger partial charge in [-0.05, 0) is 26.2 Å². The van der Waals surface area contributed by atoms with Gasteiger partial charge in [-0.1, -0.05) is 13.8 Å². The van der Waals surface area contributed by atoms with Crippen molar-refractivity contribution in [1.82, 2.24) is 4.90 Å². The summed E-state index contributed by atoms with van der Waals surface area (Å²) in [7, 11) is 1.84. The molecular weight excluding hydrogens is 178 g/mol. The van der Waals surface area contributed by atoms with Crippen LogP contribution in [0, 0.1) is 5.92 Å². The monoisotopic (exact) mass is 201 g/mol. The van der Waals surface area contributed by atoms with Crippen molar-refractivity contribution in [1.29, 1.82) is 0 Å². The first-order chi connectivity index (χ1) is 6.49. The van der Waals surface area contributed by atoms with E-state index in [4.69, 9.17) is 4.74 Å². The average Bonchev–Trinajstić information content (AvgIpc) is 2.11. The SMILES string of the molecule is CCOCC(=O)N(C)C(C)CC(C)C. The van der Waals surface area contributed by atoms with Crippen LogP contribution < -0.4 is 0 Å². The highest BCUT2D eigenvalue weighted by Gasteiger charge is 2.16. The molecule has 1 unspecified atom stereocenters. The number of nitrogens with zero attached hydrogens (tertiary/aromatic N) is 1. The molecule has 0 aliphatic rings. The maximum Gasteiger partial charge on any atom is 0.248 e. The zero-order valence-electron chi connectivity index (χ0n) is 10.0. The smallest absolute Gasteiger partial charge is 0.248 e. The molecule has 0 aromatic rings. The topological polar surface area (TPSA) is 29.5 Å². The van der Waals surface area contributed by atoms with E-state index in [2.05, 4.69) is 20.8 Å². The van der Waals surface area contributed by atoms with Gasteiger partial charge in [0.1, 0.15) is 6.61 Å². The first-order valence-corrected chi connectivity index (χ1v) is 5.32. The summed E-state index contributed by atoms with van der Waals surface area (Å²) in [5.74, 6) is 0.687. The Morgan fingerprint density at radius 3 is 2.36 bits per heavy atom. The zero-order chi connectivity index (χ0) is 11.1. The second-order valence-corrected chi connectivity index (χ2v) is 4.12. The van der Waals surface area contributed by atoms with Crippen LogP contribution >= 0.6 is 0 Å². The van der Waals surface area contributed by atoms with Crippen molar-refractivity contribution < 1.29 is 9.53 Å². The molecule has 1 amide bonds. The van der Waals surface area contributed by atoms with Crippen LogP contribution in [0.3, 0.4) is 0 Å². The largest absolute Gasteiger partial charge is 0.372 e. The Morgan fingerprint density at radius 2 is 1.93 bits per heavy atom. The highest BCUT2D eigenvalue weighted by molar-refractivity contribution is 5.77. The van der Waals surface area contributed by atoms with Crippen molar-refractivity contribution in [3.8, 4) is 0 Å². The minimum atomic E-state index is 0.0694. The minimum Gasteiger partial charge on any atom is -0.372 e. The Labute approximate surface area is 87.4 Å². The van der Waals surface area contributed by atoms with Gasteiger partial charge in [0.25, 0.3) is 0 Å². The molecule has 0 saturated carbocycles. The normalized spacial score (nSPS) is 13.0. The predicted molar refractivity (Wildman–Crippen MR) is 58.2 cm³/mol. The number of ether oxygens (including phenoxy) is 1. The third-order valence-corrected chi connectivity index (χ3v) is 2.30. The second kappa shape index (κ2) is 6.82. The number of hydrogen-bond donors (Lipinski definition) is 0. The number of hydrogen-bond acceptors (Lipinski definition) is 2. The lowest BCUT2D eigenvalue weighted by Crippen LogP contribution is -2.38. The standard InChI is InChI=1S/C11H23NO2/c1-6-14-8-11(13)12(5)10(4)7-9(2)3/h9-10H,6-8H2,1-5H3. The summed E-state index contributed by atoms with van der Waals surface area (Å²) >= 11 is 0. The third-order valence-electron chi connectivity index (χ3n) is 2.30. The zero-order valence-corrected chi connectivity index (χ0v) is 10.0. The van der Waals surface area contributed by atoms with Crippen molar-refractivity contribution in [3.05, 3.63) is 0 Å². The average molecular weight is 201 g/mol. The number of carbonyl (C=O) groups excluding carboxylic acids is 1. The lowest BCUT2D eigenvalue weighted by molar-refractivity contribution is -0.136. The Kier molecular flexibility index (Phi) is 6.54. The fraction of sp³-hybridized carbons (Fsp3) is 0.909. The second-order valence-electron chi connectivity index (χ2n) is 4.12. The lowest BCUT2D eigenvalue weighted by atomic mass is 10.0. The molecule has 1 atom stereocenters. The number of rotatable bonds is 6. The summed E-state index contributed by atoms with van der Waals surface area (Å²) in [5, 5.41) is 0. The minimum absolute atomic E-state index is 0.0694. The van der Waals surface area contributed by atoms with Gasteiger partial charge in [0, 0.05) is 19.7 Å². The van der Waals surface area contributed by atoms with Gasteiger partial charge in [-0.15, -0.1) is 0 Å². The van der Waals surface area contributed by atoms with E-state index < -0.39 is 0 Å². The van der Waals surface area contributed by atoms with Crippen LogP contribution in [-0.2, 0) is 9.53 Å². The molecule has 0 aromatic heterocycles. The predicted octanol–water partition coefficient (Wildman–Crippen LogP) is 1.92. The van der Waals surface area contributed by atoms with Crippen LogP contribution in [0.4, 0.5) is 0 Å². The molecule has 0 spiro atoms. The van der Waals surface area contributed by atoms with Crippen LogP contribution in [0.15, 0.2) is 0 Å².